The zero-order valence-corrected chi connectivity index (χ0v) is 14.5. The van der Waals surface area contributed by atoms with Crippen molar-refractivity contribution in [2.24, 2.45) is 0 Å². The topological polar surface area (TPSA) is 36.4 Å². The van der Waals surface area contributed by atoms with Crippen LogP contribution >= 0.6 is 0 Å². The lowest BCUT2D eigenvalue weighted by molar-refractivity contribution is 0.0787. The fourth-order valence-corrected chi connectivity index (χ4v) is 3.14. The maximum atomic E-state index is 12.5. The lowest BCUT2D eigenvalue weighted by atomic mass is 9.99. The predicted molar refractivity (Wildman–Crippen MR) is 97.3 cm³/mol. The molecule has 0 N–H and O–H groups in total. The maximum absolute atomic E-state index is 12.5. The number of pyridine rings is 1. The zero-order chi connectivity index (χ0) is 16.9. The molecule has 126 valence electrons. The number of nitrogens with zero attached hydrogens (tertiary/aromatic N) is 3. The molecule has 0 aliphatic carbocycles. The number of hydrogen-bond acceptors (Lipinski definition) is 3. The van der Waals surface area contributed by atoms with Gasteiger partial charge in [-0.05, 0) is 36.1 Å². The van der Waals surface area contributed by atoms with Gasteiger partial charge in [0.25, 0.3) is 5.91 Å². The highest BCUT2D eigenvalue weighted by Gasteiger charge is 2.18. The van der Waals surface area contributed by atoms with E-state index in [0.29, 0.717) is 5.69 Å². The first-order chi connectivity index (χ1) is 11.7. The molecule has 0 spiro atoms. The molecule has 0 saturated carbocycles. The fourth-order valence-electron chi connectivity index (χ4n) is 3.14. The van der Waals surface area contributed by atoms with Gasteiger partial charge in [0.1, 0.15) is 5.69 Å². The van der Waals surface area contributed by atoms with E-state index in [4.69, 9.17) is 0 Å². The van der Waals surface area contributed by atoms with Crippen LogP contribution in [0.15, 0.2) is 42.6 Å². The first kappa shape index (κ1) is 16.5. The second-order valence-electron chi connectivity index (χ2n) is 6.42. The van der Waals surface area contributed by atoms with Crippen molar-refractivity contribution < 1.29 is 4.79 Å². The third kappa shape index (κ3) is 3.58. The van der Waals surface area contributed by atoms with Gasteiger partial charge in [-0.2, -0.15) is 0 Å². The van der Waals surface area contributed by atoms with E-state index in [2.05, 4.69) is 41.1 Å². The number of carbonyl (C=O) groups is 1. The summed E-state index contributed by atoms with van der Waals surface area (Å²) in [4.78, 5) is 20.9. The molecule has 4 heteroatoms. The van der Waals surface area contributed by atoms with E-state index in [0.717, 1.165) is 44.6 Å². The number of amides is 1. The van der Waals surface area contributed by atoms with Gasteiger partial charge in [-0.3, -0.25) is 9.78 Å². The summed E-state index contributed by atoms with van der Waals surface area (Å²) in [7, 11) is 1.85. The first-order valence-corrected chi connectivity index (χ1v) is 8.72. The SMILES string of the molecule is CCCCN(C)C(=O)c1cc(N2CCc3ccccc3C2)ccn1. The summed E-state index contributed by atoms with van der Waals surface area (Å²) >= 11 is 0. The van der Waals surface area contributed by atoms with Crippen LogP contribution in [0, 0.1) is 0 Å². The summed E-state index contributed by atoms with van der Waals surface area (Å²) in [6.07, 6.45) is 4.89. The van der Waals surface area contributed by atoms with Gasteiger partial charge in [0.15, 0.2) is 0 Å². The molecule has 0 radical (unpaired) electrons. The lowest BCUT2D eigenvalue weighted by Crippen LogP contribution is -2.31. The highest BCUT2D eigenvalue weighted by molar-refractivity contribution is 5.93. The molecule has 0 unspecified atom stereocenters. The van der Waals surface area contributed by atoms with Crippen molar-refractivity contribution in [2.45, 2.75) is 32.7 Å². The second-order valence-corrected chi connectivity index (χ2v) is 6.42. The molecule has 0 bridgehead atoms. The summed E-state index contributed by atoms with van der Waals surface area (Å²) in [5.41, 5.74) is 4.41. The molecule has 0 saturated heterocycles. The van der Waals surface area contributed by atoms with Crippen molar-refractivity contribution in [1.82, 2.24) is 9.88 Å². The van der Waals surface area contributed by atoms with Crippen molar-refractivity contribution in [2.75, 3.05) is 25.0 Å². The Morgan fingerprint density at radius 3 is 2.83 bits per heavy atom. The van der Waals surface area contributed by atoms with Crippen LogP contribution in [-0.2, 0) is 13.0 Å². The van der Waals surface area contributed by atoms with Gasteiger partial charge >= 0.3 is 0 Å². The predicted octanol–water partition coefficient (Wildman–Crippen LogP) is 3.52. The van der Waals surface area contributed by atoms with E-state index < -0.39 is 0 Å². The quantitative estimate of drug-likeness (QED) is 0.845. The molecule has 2 aromatic rings. The van der Waals surface area contributed by atoms with Crippen LogP contribution < -0.4 is 4.90 Å². The summed E-state index contributed by atoms with van der Waals surface area (Å²) in [6.45, 7) is 4.77. The molecule has 1 aliphatic heterocycles. The minimum absolute atomic E-state index is 0.00251. The third-order valence-corrected chi connectivity index (χ3v) is 4.65. The van der Waals surface area contributed by atoms with E-state index in [1.807, 2.05) is 19.2 Å². The van der Waals surface area contributed by atoms with Gasteiger partial charge in [-0.1, -0.05) is 37.6 Å². The van der Waals surface area contributed by atoms with Gasteiger partial charge in [-0.25, -0.2) is 0 Å². The molecular formula is C20H25N3O. The molecule has 2 heterocycles. The second kappa shape index (κ2) is 7.47. The van der Waals surface area contributed by atoms with Crippen LogP contribution in [0.2, 0.25) is 0 Å². The Kier molecular flexibility index (Phi) is 5.14. The van der Waals surface area contributed by atoms with Crippen LogP contribution in [0.25, 0.3) is 0 Å². The van der Waals surface area contributed by atoms with Crippen molar-refractivity contribution in [1.29, 1.82) is 0 Å². The van der Waals surface area contributed by atoms with Gasteiger partial charge in [0.05, 0.1) is 0 Å². The fraction of sp³-hybridized carbons (Fsp3) is 0.400. The smallest absolute Gasteiger partial charge is 0.272 e. The minimum Gasteiger partial charge on any atom is -0.367 e. The summed E-state index contributed by atoms with van der Waals surface area (Å²) in [5, 5.41) is 0. The average molecular weight is 323 g/mol. The Morgan fingerprint density at radius 1 is 1.25 bits per heavy atom. The van der Waals surface area contributed by atoms with E-state index in [-0.39, 0.29) is 5.91 Å². The highest BCUT2D eigenvalue weighted by Crippen LogP contribution is 2.24. The molecule has 1 aromatic heterocycles. The average Bonchev–Trinajstić information content (AvgIpc) is 2.65. The number of aromatic nitrogens is 1. The highest BCUT2D eigenvalue weighted by atomic mass is 16.2. The van der Waals surface area contributed by atoms with Crippen LogP contribution in [0.3, 0.4) is 0 Å². The molecule has 0 atom stereocenters. The largest absolute Gasteiger partial charge is 0.367 e. The molecule has 0 fully saturated rings. The number of hydrogen-bond donors (Lipinski definition) is 0. The zero-order valence-electron chi connectivity index (χ0n) is 14.5. The molecular weight excluding hydrogens is 298 g/mol. The van der Waals surface area contributed by atoms with Gasteiger partial charge in [0.2, 0.25) is 0 Å². The van der Waals surface area contributed by atoms with Gasteiger partial charge in [0, 0.05) is 38.6 Å². The van der Waals surface area contributed by atoms with Gasteiger partial charge in [-0.15, -0.1) is 0 Å². The van der Waals surface area contributed by atoms with Crippen LogP contribution in [0.4, 0.5) is 5.69 Å². The molecule has 24 heavy (non-hydrogen) atoms. The van der Waals surface area contributed by atoms with E-state index in [1.165, 1.54) is 11.1 Å². The lowest BCUT2D eigenvalue weighted by Gasteiger charge is -2.31. The molecule has 4 nitrogen and oxygen atoms in total. The molecule has 1 aliphatic rings. The number of fused-ring (bicyclic) bond motifs is 1. The van der Waals surface area contributed by atoms with Crippen LogP contribution in [-0.4, -0.2) is 35.9 Å². The van der Waals surface area contributed by atoms with Crippen molar-refractivity contribution in [3.8, 4) is 0 Å². The number of anilines is 1. The standard InChI is InChI=1S/C20H25N3O/c1-3-4-12-22(2)20(24)19-14-18(9-11-21-19)23-13-10-16-7-5-6-8-17(16)15-23/h5-9,11,14H,3-4,10,12-13,15H2,1-2H3. The minimum atomic E-state index is 0.00251. The van der Waals surface area contributed by atoms with Crippen LogP contribution in [0.1, 0.15) is 41.4 Å². The number of rotatable bonds is 5. The van der Waals surface area contributed by atoms with E-state index >= 15 is 0 Å². The first-order valence-electron chi connectivity index (χ1n) is 8.72. The Labute approximate surface area is 144 Å². The van der Waals surface area contributed by atoms with Crippen molar-refractivity contribution in [3.05, 3.63) is 59.4 Å². The van der Waals surface area contributed by atoms with E-state index in [1.54, 1.807) is 11.1 Å². The maximum Gasteiger partial charge on any atom is 0.272 e. The number of carbonyl (C=O) groups excluding carboxylic acids is 1. The van der Waals surface area contributed by atoms with E-state index in [9.17, 15) is 4.79 Å². The normalized spacial score (nSPS) is 13.5. The van der Waals surface area contributed by atoms with Crippen molar-refractivity contribution in [3.63, 3.8) is 0 Å². The Balaban J connectivity index is 1.75. The Hall–Kier alpha value is -2.36. The van der Waals surface area contributed by atoms with Crippen molar-refractivity contribution >= 4 is 11.6 Å². The van der Waals surface area contributed by atoms with Crippen LogP contribution in [0.5, 0.6) is 0 Å². The monoisotopic (exact) mass is 323 g/mol. The molecule has 1 aromatic carbocycles. The summed E-state index contributed by atoms with van der Waals surface area (Å²) < 4.78 is 0. The number of unbranched alkanes of at least 4 members (excludes halogenated alkanes) is 1. The third-order valence-electron chi connectivity index (χ3n) is 4.65. The Morgan fingerprint density at radius 2 is 2.04 bits per heavy atom. The number of benzene rings is 1. The molecule has 1 amide bonds. The summed E-state index contributed by atoms with van der Waals surface area (Å²) in [5.74, 6) is 0.00251. The summed E-state index contributed by atoms with van der Waals surface area (Å²) in [6, 6.07) is 12.5. The van der Waals surface area contributed by atoms with Gasteiger partial charge < -0.3 is 9.80 Å². The Bertz CT molecular complexity index is 714. The molecule has 3 rings (SSSR count).